The molecule has 0 bridgehead atoms. The van der Waals surface area contributed by atoms with Crippen LogP contribution in [0, 0.1) is 11.3 Å². The van der Waals surface area contributed by atoms with Crippen LogP contribution >= 0.6 is 11.6 Å². The van der Waals surface area contributed by atoms with Crippen LogP contribution in [0.2, 0.25) is 0 Å². The molecular formula is C7H11ClN2. The van der Waals surface area contributed by atoms with Crippen molar-refractivity contribution in [3.05, 3.63) is 11.2 Å². The monoisotopic (exact) mass is 158 g/mol. The number of rotatable bonds is 4. The standard InChI is InChI=1S/C7H11ClN2/c1-2-3-4-10-6-7(8)5-9/h6,10H,2-4H2,1H3/b7-6-. The maximum Gasteiger partial charge on any atom is 0.133 e. The van der Waals surface area contributed by atoms with Crippen molar-refractivity contribution < 1.29 is 0 Å². The Morgan fingerprint density at radius 1 is 1.80 bits per heavy atom. The third kappa shape index (κ3) is 5.46. The van der Waals surface area contributed by atoms with Crippen LogP contribution in [0.1, 0.15) is 19.8 Å². The van der Waals surface area contributed by atoms with E-state index < -0.39 is 0 Å². The van der Waals surface area contributed by atoms with Gasteiger partial charge in [-0.2, -0.15) is 5.26 Å². The molecule has 0 aromatic heterocycles. The van der Waals surface area contributed by atoms with E-state index in [9.17, 15) is 0 Å². The SMILES string of the molecule is CCCCN/C=C(\Cl)C#N. The number of nitriles is 1. The van der Waals surface area contributed by atoms with Crippen molar-refractivity contribution >= 4 is 11.6 Å². The molecule has 2 nitrogen and oxygen atoms in total. The topological polar surface area (TPSA) is 35.8 Å². The molecule has 0 saturated carbocycles. The van der Waals surface area contributed by atoms with Gasteiger partial charge in [0, 0.05) is 12.7 Å². The Labute approximate surface area is 66.5 Å². The normalized spacial score (nSPS) is 10.7. The number of allylic oxidation sites excluding steroid dienone is 1. The molecular weight excluding hydrogens is 148 g/mol. The summed E-state index contributed by atoms with van der Waals surface area (Å²) in [6.45, 7) is 2.99. The lowest BCUT2D eigenvalue weighted by atomic mass is 10.3. The highest BCUT2D eigenvalue weighted by molar-refractivity contribution is 6.31. The minimum atomic E-state index is 0.205. The van der Waals surface area contributed by atoms with E-state index in [0.29, 0.717) is 0 Å². The predicted octanol–water partition coefficient (Wildman–Crippen LogP) is 1.98. The van der Waals surface area contributed by atoms with Gasteiger partial charge in [0.1, 0.15) is 11.1 Å². The Bertz CT molecular complexity index is 146. The zero-order valence-electron chi connectivity index (χ0n) is 6.02. The second-order valence-corrected chi connectivity index (χ2v) is 2.32. The van der Waals surface area contributed by atoms with Crippen LogP contribution in [0.3, 0.4) is 0 Å². The molecule has 0 unspecified atom stereocenters. The second-order valence-electron chi connectivity index (χ2n) is 1.91. The number of hydrogen-bond acceptors (Lipinski definition) is 2. The van der Waals surface area contributed by atoms with Crippen LogP contribution in [-0.2, 0) is 0 Å². The quantitative estimate of drug-likeness (QED) is 0.502. The van der Waals surface area contributed by atoms with Gasteiger partial charge in [0.2, 0.25) is 0 Å². The molecule has 0 aromatic carbocycles. The Balaban J connectivity index is 3.27. The zero-order valence-corrected chi connectivity index (χ0v) is 6.78. The molecule has 0 aliphatic rings. The summed E-state index contributed by atoms with van der Waals surface area (Å²) in [4.78, 5) is 0. The Kier molecular flexibility index (Phi) is 6.00. The summed E-state index contributed by atoms with van der Waals surface area (Å²) in [6.07, 6.45) is 3.77. The van der Waals surface area contributed by atoms with Crippen molar-refractivity contribution in [1.29, 1.82) is 5.26 Å². The Morgan fingerprint density at radius 3 is 3.00 bits per heavy atom. The van der Waals surface area contributed by atoms with Crippen molar-refractivity contribution in [2.45, 2.75) is 19.8 Å². The molecule has 0 spiro atoms. The molecule has 0 amide bonds. The number of halogens is 1. The molecule has 56 valence electrons. The third-order valence-corrected chi connectivity index (χ3v) is 1.20. The summed E-state index contributed by atoms with van der Waals surface area (Å²) in [5.41, 5.74) is 0. The minimum absolute atomic E-state index is 0.205. The molecule has 0 saturated heterocycles. The van der Waals surface area contributed by atoms with E-state index in [1.165, 1.54) is 6.20 Å². The lowest BCUT2D eigenvalue weighted by Crippen LogP contribution is -2.06. The van der Waals surface area contributed by atoms with Gasteiger partial charge in [-0.1, -0.05) is 24.9 Å². The summed E-state index contributed by atoms with van der Waals surface area (Å²) in [5, 5.41) is 11.3. The van der Waals surface area contributed by atoms with Crippen LogP contribution in [0.5, 0.6) is 0 Å². The van der Waals surface area contributed by atoms with E-state index in [2.05, 4.69) is 12.2 Å². The Morgan fingerprint density at radius 2 is 2.50 bits per heavy atom. The molecule has 0 aliphatic carbocycles. The van der Waals surface area contributed by atoms with Crippen molar-refractivity contribution in [2.75, 3.05) is 6.54 Å². The maximum atomic E-state index is 8.20. The first kappa shape index (κ1) is 9.32. The first-order valence-corrected chi connectivity index (χ1v) is 3.68. The van der Waals surface area contributed by atoms with Crippen molar-refractivity contribution in [3.8, 4) is 6.07 Å². The van der Waals surface area contributed by atoms with Gasteiger partial charge in [0.25, 0.3) is 0 Å². The van der Waals surface area contributed by atoms with E-state index in [4.69, 9.17) is 16.9 Å². The summed E-state index contributed by atoms with van der Waals surface area (Å²) >= 11 is 5.38. The van der Waals surface area contributed by atoms with Gasteiger partial charge in [-0.3, -0.25) is 0 Å². The summed E-state index contributed by atoms with van der Waals surface area (Å²) in [6, 6.07) is 1.81. The summed E-state index contributed by atoms with van der Waals surface area (Å²) in [5.74, 6) is 0. The molecule has 0 heterocycles. The maximum absolute atomic E-state index is 8.20. The van der Waals surface area contributed by atoms with E-state index in [1.807, 2.05) is 0 Å². The largest absolute Gasteiger partial charge is 0.389 e. The van der Waals surface area contributed by atoms with Crippen molar-refractivity contribution in [2.24, 2.45) is 0 Å². The van der Waals surface area contributed by atoms with Crippen LogP contribution in [0.15, 0.2) is 11.2 Å². The van der Waals surface area contributed by atoms with E-state index in [-0.39, 0.29) is 5.03 Å². The fraction of sp³-hybridized carbons (Fsp3) is 0.571. The van der Waals surface area contributed by atoms with Crippen LogP contribution in [0.25, 0.3) is 0 Å². The van der Waals surface area contributed by atoms with E-state index >= 15 is 0 Å². The number of hydrogen-bond donors (Lipinski definition) is 1. The molecule has 0 fully saturated rings. The summed E-state index contributed by atoms with van der Waals surface area (Å²) < 4.78 is 0. The third-order valence-electron chi connectivity index (χ3n) is 1.01. The molecule has 1 N–H and O–H groups in total. The van der Waals surface area contributed by atoms with E-state index in [0.717, 1.165) is 19.4 Å². The highest BCUT2D eigenvalue weighted by atomic mass is 35.5. The smallest absolute Gasteiger partial charge is 0.133 e. The fourth-order valence-corrected chi connectivity index (χ4v) is 0.550. The zero-order chi connectivity index (χ0) is 7.82. The number of nitrogens with one attached hydrogen (secondary N) is 1. The first-order chi connectivity index (χ1) is 4.81. The molecule has 0 rings (SSSR count). The van der Waals surface area contributed by atoms with Crippen LogP contribution in [-0.4, -0.2) is 6.54 Å². The molecule has 10 heavy (non-hydrogen) atoms. The lowest BCUT2D eigenvalue weighted by molar-refractivity contribution is 0.734. The van der Waals surface area contributed by atoms with E-state index in [1.54, 1.807) is 6.07 Å². The van der Waals surface area contributed by atoms with Gasteiger partial charge in [-0.15, -0.1) is 0 Å². The average Bonchev–Trinajstić information content (AvgIpc) is 1.98. The highest BCUT2D eigenvalue weighted by Crippen LogP contribution is 1.94. The predicted molar refractivity (Wildman–Crippen MR) is 42.5 cm³/mol. The number of unbranched alkanes of at least 4 members (excludes halogenated alkanes) is 1. The average molecular weight is 159 g/mol. The van der Waals surface area contributed by atoms with Gasteiger partial charge in [0.05, 0.1) is 0 Å². The van der Waals surface area contributed by atoms with Gasteiger partial charge < -0.3 is 5.32 Å². The Hall–Kier alpha value is -0.680. The second kappa shape index (κ2) is 6.44. The van der Waals surface area contributed by atoms with Gasteiger partial charge in [0.15, 0.2) is 0 Å². The lowest BCUT2D eigenvalue weighted by Gasteiger charge is -1.95. The van der Waals surface area contributed by atoms with Gasteiger partial charge in [-0.05, 0) is 6.42 Å². The molecule has 3 heteroatoms. The van der Waals surface area contributed by atoms with Crippen molar-refractivity contribution in [1.82, 2.24) is 5.32 Å². The van der Waals surface area contributed by atoms with Crippen molar-refractivity contribution in [3.63, 3.8) is 0 Å². The van der Waals surface area contributed by atoms with Crippen LogP contribution < -0.4 is 5.32 Å². The first-order valence-electron chi connectivity index (χ1n) is 3.30. The van der Waals surface area contributed by atoms with Crippen LogP contribution in [0.4, 0.5) is 0 Å². The molecule has 0 aromatic rings. The number of nitrogens with zero attached hydrogens (tertiary/aromatic N) is 1. The molecule has 0 aliphatic heterocycles. The molecule has 0 radical (unpaired) electrons. The summed E-state index contributed by atoms with van der Waals surface area (Å²) in [7, 11) is 0. The van der Waals surface area contributed by atoms with Gasteiger partial charge in [-0.25, -0.2) is 0 Å². The fourth-order valence-electron chi connectivity index (χ4n) is 0.473. The highest BCUT2D eigenvalue weighted by Gasteiger charge is 1.84. The minimum Gasteiger partial charge on any atom is -0.389 e. The molecule has 0 atom stereocenters. The van der Waals surface area contributed by atoms with Gasteiger partial charge >= 0.3 is 0 Å².